The number of hydrogen-bond donors (Lipinski definition) is 1. The summed E-state index contributed by atoms with van der Waals surface area (Å²) < 4.78 is 0. The maximum absolute atomic E-state index is 13.3. The molecule has 1 unspecified atom stereocenters. The second kappa shape index (κ2) is 7.84. The number of imide groups is 1. The molecule has 0 spiro atoms. The molecule has 4 rings (SSSR count). The Morgan fingerprint density at radius 2 is 1.60 bits per heavy atom. The zero-order valence-corrected chi connectivity index (χ0v) is 16.6. The molecule has 3 aromatic carbocycles. The van der Waals surface area contributed by atoms with E-state index in [4.69, 9.17) is 0 Å². The van der Waals surface area contributed by atoms with Crippen LogP contribution in [0.3, 0.4) is 0 Å². The van der Waals surface area contributed by atoms with Crippen molar-refractivity contribution in [3.8, 4) is 17.2 Å². The molecular formula is C25H21N3O2. The van der Waals surface area contributed by atoms with Crippen molar-refractivity contribution in [1.29, 1.82) is 5.26 Å². The molecule has 0 aromatic heterocycles. The molecular weight excluding hydrogens is 374 g/mol. The van der Waals surface area contributed by atoms with Crippen LogP contribution in [0.4, 0.5) is 4.79 Å². The fourth-order valence-electron chi connectivity index (χ4n) is 3.94. The number of carbonyl (C=O) groups is 2. The molecule has 0 bridgehead atoms. The van der Waals surface area contributed by atoms with Crippen LogP contribution < -0.4 is 5.32 Å². The van der Waals surface area contributed by atoms with Crippen LogP contribution >= 0.6 is 0 Å². The Hall–Kier alpha value is -3.91. The first kappa shape index (κ1) is 19.4. The molecule has 1 atom stereocenters. The highest BCUT2D eigenvalue weighted by Gasteiger charge is 2.50. The minimum Gasteiger partial charge on any atom is -0.319 e. The summed E-state index contributed by atoms with van der Waals surface area (Å²) in [4.78, 5) is 27.2. The van der Waals surface area contributed by atoms with Gasteiger partial charge in [-0.15, -0.1) is 0 Å². The molecule has 1 saturated heterocycles. The topological polar surface area (TPSA) is 73.2 Å². The van der Waals surface area contributed by atoms with Gasteiger partial charge >= 0.3 is 6.03 Å². The molecule has 1 aliphatic heterocycles. The lowest BCUT2D eigenvalue weighted by Crippen LogP contribution is -2.43. The molecule has 1 heterocycles. The van der Waals surface area contributed by atoms with Crippen LogP contribution in [-0.2, 0) is 16.9 Å². The van der Waals surface area contributed by atoms with Crippen LogP contribution in [0.15, 0.2) is 78.9 Å². The molecule has 1 aliphatic rings. The van der Waals surface area contributed by atoms with Gasteiger partial charge in [0.2, 0.25) is 0 Å². The van der Waals surface area contributed by atoms with E-state index in [1.165, 1.54) is 4.90 Å². The van der Waals surface area contributed by atoms with Crippen molar-refractivity contribution in [3.05, 3.63) is 95.6 Å². The summed E-state index contributed by atoms with van der Waals surface area (Å²) in [5, 5.41) is 12.2. The maximum atomic E-state index is 13.3. The van der Waals surface area contributed by atoms with Crippen molar-refractivity contribution in [2.24, 2.45) is 0 Å². The first-order valence-corrected chi connectivity index (χ1v) is 9.87. The third kappa shape index (κ3) is 3.23. The van der Waals surface area contributed by atoms with Crippen LogP contribution in [0.25, 0.3) is 11.1 Å². The zero-order chi connectivity index (χ0) is 21.1. The highest BCUT2D eigenvalue weighted by Crippen LogP contribution is 2.33. The first-order chi connectivity index (χ1) is 14.6. The van der Waals surface area contributed by atoms with Crippen molar-refractivity contribution < 1.29 is 9.59 Å². The molecule has 0 saturated carbocycles. The predicted molar refractivity (Wildman–Crippen MR) is 114 cm³/mol. The van der Waals surface area contributed by atoms with Gasteiger partial charge in [-0.3, -0.25) is 9.69 Å². The minimum atomic E-state index is -1.02. The summed E-state index contributed by atoms with van der Waals surface area (Å²) in [5.41, 5.74) is 2.99. The van der Waals surface area contributed by atoms with Crippen molar-refractivity contribution in [3.63, 3.8) is 0 Å². The number of carbonyl (C=O) groups excluding carboxylic acids is 2. The average molecular weight is 395 g/mol. The van der Waals surface area contributed by atoms with E-state index in [1.54, 1.807) is 6.07 Å². The largest absolute Gasteiger partial charge is 0.325 e. The van der Waals surface area contributed by atoms with Crippen LogP contribution in [0.2, 0.25) is 0 Å². The van der Waals surface area contributed by atoms with Crippen LogP contribution in [0, 0.1) is 11.3 Å². The number of nitriles is 1. The van der Waals surface area contributed by atoms with E-state index in [9.17, 15) is 14.9 Å². The standard InChI is InChI=1S/C25H21N3O2/c1-2-25(21-9-4-3-5-10-21)23(29)28(24(30)27-25)17-18-12-14-19(15-13-18)22-11-7-6-8-20(22)16-26/h3-15H,2,17H2,1H3,(H,27,30). The van der Waals surface area contributed by atoms with E-state index < -0.39 is 5.54 Å². The molecule has 1 N–H and O–H groups in total. The smallest absolute Gasteiger partial charge is 0.319 e. The summed E-state index contributed by atoms with van der Waals surface area (Å²) in [6, 6.07) is 26.2. The summed E-state index contributed by atoms with van der Waals surface area (Å²) in [5.74, 6) is -0.236. The Bertz CT molecular complexity index is 1130. The fraction of sp³-hybridized carbons (Fsp3) is 0.160. The third-order valence-electron chi connectivity index (χ3n) is 5.63. The second-order valence-electron chi connectivity index (χ2n) is 7.30. The molecule has 3 amide bonds. The van der Waals surface area contributed by atoms with E-state index in [0.717, 1.165) is 22.3 Å². The number of nitrogens with zero attached hydrogens (tertiary/aromatic N) is 2. The highest BCUT2D eigenvalue weighted by atomic mass is 16.2. The number of amides is 3. The van der Waals surface area contributed by atoms with Gasteiger partial charge in [-0.25, -0.2) is 4.79 Å². The van der Waals surface area contributed by atoms with E-state index in [0.29, 0.717) is 12.0 Å². The summed E-state index contributed by atoms with van der Waals surface area (Å²) in [6.07, 6.45) is 0.474. The molecule has 3 aromatic rings. The van der Waals surface area contributed by atoms with Crippen molar-refractivity contribution in [1.82, 2.24) is 10.2 Å². The van der Waals surface area contributed by atoms with Gasteiger partial charge in [0, 0.05) is 0 Å². The molecule has 5 heteroatoms. The van der Waals surface area contributed by atoms with Crippen LogP contribution in [-0.4, -0.2) is 16.8 Å². The van der Waals surface area contributed by atoms with Crippen molar-refractivity contribution in [2.75, 3.05) is 0 Å². The van der Waals surface area contributed by atoms with E-state index in [-0.39, 0.29) is 18.5 Å². The molecule has 5 nitrogen and oxygen atoms in total. The Morgan fingerprint density at radius 3 is 2.27 bits per heavy atom. The molecule has 1 fully saturated rings. The number of hydrogen-bond acceptors (Lipinski definition) is 3. The third-order valence-corrected chi connectivity index (χ3v) is 5.63. The zero-order valence-electron chi connectivity index (χ0n) is 16.6. The van der Waals surface area contributed by atoms with Crippen molar-refractivity contribution >= 4 is 11.9 Å². The van der Waals surface area contributed by atoms with E-state index >= 15 is 0 Å². The molecule has 0 aliphatic carbocycles. The van der Waals surface area contributed by atoms with Gasteiger partial charge in [-0.05, 0) is 34.7 Å². The average Bonchev–Trinajstić information content (AvgIpc) is 3.05. The maximum Gasteiger partial charge on any atom is 0.325 e. The van der Waals surface area contributed by atoms with Gasteiger partial charge in [0.25, 0.3) is 5.91 Å². The van der Waals surface area contributed by atoms with Gasteiger partial charge in [0.1, 0.15) is 5.54 Å². The van der Waals surface area contributed by atoms with Gasteiger partial charge in [0.05, 0.1) is 18.2 Å². The van der Waals surface area contributed by atoms with Gasteiger partial charge in [0.15, 0.2) is 0 Å². The van der Waals surface area contributed by atoms with Gasteiger partial charge in [-0.2, -0.15) is 5.26 Å². The number of rotatable bonds is 5. The predicted octanol–water partition coefficient (Wildman–Crippen LogP) is 4.58. The molecule has 30 heavy (non-hydrogen) atoms. The Kier molecular flexibility index (Phi) is 5.07. The number of benzene rings is 3. The van der Waals surface area contributed by atoms with Crippen LogP contribution in [0.1, 0.15) is 30.0 Å². The lowest BCUT2D eigenvalue weighted by Gasteiger charge is -2.25. The summed E-state index contributed by atoms with van der Waals surface area (Å²) in [7, 11) is 0. The molecule has 148 valence electrons. The Balaban J connectivity index is 1.58. The van der Waals surface area contributed by atoms with Crippen LogP contribution in [0.5, 0.6) is 0 Å². The van der Waals surface area contributed by atoms with Crippen molar-refractivity contribution in [2.45, 2.75) is 25.4 Å². The van der Waals surface area contributed by atoms with Gasteiger partial charge in [-0.1, -0.05) is 79.7 Å². The summed E-state index contributed by atoms with van der Waals surface area (Å²) >= 11 is 0. The highest BCUT2D eigenvalue weighted by molar-refractivity contribution is 6.07. The van der Waals surface area contributed by atoms with Gasteiger partial charge < -0.3 is 5.32 Å². The summed E-state index contributed by atoms with van der Waals surface area (Å²) in [6.45, 7) is 2.09. The Labute approximate surface area is 175 Å². The number of nitrogens with one attached hydrogen (secondary N) is 1. The first-order valence-electron chi connectivity index (χ1n) is 9.87. The Morgan fingerprint density at radius 1 is 0.933 bits per heavy atom. The molecule has 0 radical (unpaired) electrons. The normalized spacial score (nSPS) is 18.2. The lowest BCUT2D eigenvalue weighted by molar-refractivity contribution is -0.132. The monoisotopic (exact) mass is 395 g/mol. The fourth-order valence-corrected chi connectivity index (χ4v) is 3.94. The number of urea groups is 1. The van der Waals surface area contributed by atoms with E-state index in [1.807, 2.05) is 79.7 Å². The lowest BCUT2D eigenvalue weighted by atomic mass is 9.87. The van der Waals surface area contributed by atoms with E-state index in [2.05, 4.69) is 11.4 Å². The second-order valence-corrected chi connectivity index (χ2v) is 7.30. The SMILES string of the molecule is CCC1(c2ccccc2)NC(=O)N(Cc2ccc(-c3ccccc3C#N)cc2)C1=O. The quantitative estimate of drug-likeness (QED) is 0.643. The minimum absolute atomic E-state index is 0.194.